The van der Waals surface area contributed by atoms with Gasteiger partial charge in [-0.25, -0.2) is 0 Å². The first kappa shape index (κ1) is 11.6. The fourth-order valence-corrected chi connectivity index (χ4v) is 5.07. The number of fused-ring (bicyclic) bond motifs is 1. The van der Waals surface area contributed by atoms with Gasteiger partial charge in [0, 0.05) is 16.0 Å². The van der Waals surface area contributed by atoms with Crippen molar-refractivity contribution in [3.05, 3.63) is 35.2 Å². The van der Waals surface area contributed by atoms with Crippen LogP contribution in [0.4, 0.5) is 0 Å². The molecule has 2 heterocycles. The average Bonchev–Trinajstić information content (AvgIpc) is 3.00. The van der Waals surface area contributed by atoms with Crippen LogP contribution in [0.15, 0.2) is 29.6 Å². The van der Waals surface area contributed by atoms with Crippen LogP contribution in [0, 0.1) is 0 Å². The van der Waals surface area contributed by atoms with Gasteiger partial charge >= 0.3 is 0 Å². The molecule has 1 N–H and O–H groups in total. The van der Waals surface area contributed by atoms with Crippen LogP contribution >= 0.6 is 23.1 Å². The summed E-state index contributed by atoms with van der Waals surface area (Å²) in [6, 6.07) is 9.42. The van der Waals surface area contributed by atoms with Crippen molar-refractivity contribution in [2.45, 2.75) is 24.1 Å². The van der Waals surface area contributed by atoms with E-state index in [4.69, 9.17) is 0 Å². The molecule has 3 heteroatoms. The van der Waals surface area contributed by atoms with Crippen LogP contribution in [-0.2, 0) is 0 Å². The molecule has 3 rings (SSSR count). The summed E-state index contributed by atoms with van der Waals surface area (Å²) in [5.74, 6) is 1.32. The minimum absolute atomic E-state index is 0.504. The van der Waals surface area contributed by atoms with Gasteiger partial charge < -0.3 is 5.32 Å². The van der Waals surface area contributed by atoms with Gasteiger partial charge in [0.05, 0.1) is 0 Å². The smallest absolute Gasteiger partial charge is 0.0452 e. The third-order valence-corrected chi connectivity index (χ3v) is 5.93. The summed E-state index contributed by atoms with van der Waals surface area (Å²) in [5, 5.41) is 7.85. The molecule has 1 aliphatic heterocycles. The van der Waals surface area contributed by atoms with E-state index in [1.54, 1.807) is 0 Å². The van der Waals surface area contributed by atoms with Crippen molar-refractivity contribution < 1.29 is 0 Å². The van der Waals surface area contributed by atoms with Crippen molar-refractivity contribution >= 4 is 33.2 Å². The van der Waals surface area contributed by atoms with Crippen molar-refractivity contribution in [2.24, 2.45) is 0 Å². The molecule has 90 valence electrons. The van der Waals surface area contributed by atoms with Gasteiger partial charge in [0.2, 0.25) is 0 Å². The van der Waals surface area contributed by atoms with Gasteiger partial charge in [-0.05, 0) is 48.0 Å². The van der Waals surface area contributed by atoms with Crippen LogP contribution in [0.2, 0.25) is 0 Å². The summed E-state index contributed by atoms with van der Waals surface area (Å²) in [6.45, 7) is 0. The molecule has 0 radical (unpaired) electrons. The van der Waals surface area contributed by atoms with Crippen LogP contribution in [-0.4, -0.2) is 18.1 Å². The predicted molar refractivity (Wildman–Crippen MR) is 79.1 cm³/mol. The number of hydrogen-bond acceptors (Lipinski definition) is 3. The number of rotatable bonds is 3. The summed E-state index contributed by atoms with van der Waals surface area (Å²) in [7, 11) is 2.09. The minimum atomic E-state index is 0.504. The second-order valence-corrected chi connectivity index (χ2v) is 6.77. The molecule has 17 heavy (non-hydrogen) atoms. The maximum absolute atomic E-state index is 3.53. The van der Waals surface area contributed by atoms with E-state index in [-0.39, 0.29) is 0 Å². The largest absolute Gasteiger partial charge is 0.312 e. The van der Waals surface area contributed by atoms with E-state index in [1.165, 1.54) is 34.2 Å². The molecule has 1 fully saturated rings. The van der Waals surface area contributed by atoms with Gasteiger partial charge in [-0.1, -0.05) is 18.2 Å². The molecule has 0 amide bonds. The van der Waals surface area contributed by atoms with Crippen LogP contribution < -0.4 is 5.32 Å². The van der Waals surface area contributed by atoms with Crippen molar-refractivity contribution in [3.8, 4) is 0 Å². The zero-order valence-corrected chi connectivity index (χ0v) is 11.6. The lowest BCUT2D eigenvalue weighted by molar-refractivity contribution is 0.556. The van der Waals surface area contributed by atoms with E-state index >= 15 is 0 Å². The van der Waals surface area contributed by atoms with E-state index in [2.05, 4.69) is 53.8 Å². The minimum Gasteiger partial charge on any atom is -0.312 e. The first-order valence-electron chi connectivity index (χ1n) is 6.15. The molecule has 1 nitrogen and oxygen atoms in total. The quantitative estimate of drug-likeness (QED) is 0.896. The summed E-state index contributed by atoms with van der Waals surface area (Å²) >= 11 is 3.99. The fraction of sp³-hybridized carbons (Fsp3) is 0.429. The van der Waals surface area contributed by atoms with Gasteiger partial charge in [0.15, 0.2) is 0 Å². The second-order valence-electron chi connectivity index (χ2n) is 4.50. The molecular formula is C14H17NS2. The highest BCUT2D eigenvalue weighted by molar-refractivity contribution is 8.00. The molecule has 1 aliphatic rings. The fourth-order valence-electron chi connectivity index (χ4n) is 2.67. The van der Waals surface area contributed by atoms with E-state index in [9.17, 15) is 0 Å². The maximum atomic E-state index is 3.53. The topological polar surface area (TPSA) is 12.0 Å². The van der Waals surface area contributed by atoms with Gasteiger partial charge in [-0.2, -0.15) is 11.8 Å². The first-order chi connectivity index (χ1) is 8.40. The highest BCUT2D eigenvalue weighted by atomic mass is 32.2. The van der Waals surface area contributed by atoms with Crippen LogP contribution in [0.3, 0.4) is 0 Å². The Morgan fingerprint density at radius 1 is 1.35 bits per heavy atom. The van der Waals surface area contributed by atoms with Crippen LogP contribution in [0.5, 0.6) is 0 Å². The van der Waals surface area contributed by atoms with Gasteiger partial charge in [-0.15, -0.1) is 11.3 Å². The number of benzene rings is 1. The van der Waals surface area contributed by atoms with Crippen LogP contribution in [0.25, 0.3) is 10.1 Å². The zero-order chi connectivity index (χ0) is 11.7. The average molecular weight is 263 g/mol. The molecule has 2 unspecified atom stereocenters. The van der Waals surface area contributed by atoms with Gasteiger partial charge in [-0.3, -0.25) is 0 Å². The van der Waals surface area contributed by atoms with E-state index in [0.29, 0.717) is 6.04 Å². The Morgan fingerprint density at radius 3 is 3.06 bits per heavy atom. The number of thiophene rings is 1. The third kappa shape index (κ3) is 2.12. The first-order valence-corrected chi connectivity index (χ1v) is 8.08. The lowest BCUT2D eigenvalue weighted by Gasteiger charge is -2.23. The Balaban J connectivity index is 2.02. The second kappa shape index (κ2) is 5.01. The monoisotopic (exact) mass is 263 g/mol. The summed E-state index contributed by atoms with van der Waals surface area (Å²) in [6.07, 6.45) is 2.71. The molecule has 1 aromatic carbocycles. The normalized spacial score (nSPS) is 22.1. The molecule has 1 aromatic heterocycles. The van der Waals surface area contributed by atoms with E-state index < -0.39 is 0 Å². The highest BCUT2D eigenvalue weighted by Crippen LogP contribution is 2.39. The Hall–Kier alpha value is -0.510. The Bertz CT molecular complexity index is 500. The molecule has 2 atom stereocenters. The van der Waals surface area contributed by atoms with Crippen molar-refractivity contribution in [1.29, 1.82) is 0 Å². The Kier molecular flexibility index (Phi) is 3.41. The van der Waals surface area contributed by atoms with Crippen molar-refractivity contribution in [3.63, 3.8) is 0 Å². The Labute approximate surface area is 111 Å². The van der Waals surface area contributed by atoms with Gasteiger partial charge in [0.25, 0.3) is 0 Å². The number of hydrogen-bond donors (Lipinski definition) is 1. The lowest BCUT2D eigenvalue weighted by Crippen LogP contribution is -2.25. The van der Waals surface area contributed by atoms with E-state index in [0.717, 1.165) is 5.25 Å². The standard InChI is InChI=1S/C14H17NS2/c1-15-13(12-6-3-8-16-12)11-5-2-4-10-7-9-17-14(10)11/h2,4-5,7,9,12-13,15H,3,6,8H2,1H3. The maximum Gasteiger partial charge on any atom is 0.0452 e. The summed E-state index contributed by atoms with van der Waals surface area (Å²) in [4.78, 5) is 0. The lowest BCUT2D eigenvalue weighted by atomic mass is 10.00. The Morgan fingerprint density at radius 2 is 2.29 bits per heavy atom. The SMILES string of the molecule is CNC(c1cccc2ccsc12)C1CCCS1. The molecular weight excluding hydrogens is 246 g/mol. The zero-order valence-electron chi connectivity index (χ0n) is 9.98. The van der Waals surface area contributed by atoms with Crippen LogP contribution in [0.1, 0.15) is 24.4 Å². The van der Waals surface area contributed by atoms with Crippen molar-refractivity contribution in [1.82, 2.24) is 5.32 Å². The summed E-state index contributed by atoms with van der Waals surface area (Å²) in [5.41, 5.74) is 1.49. The highest BCUT2D eigenvalue weighted by Gasteiger charge is 2.26. The molecule has 0 bridgehead atoms. The van der Waals surface area contributed by atoms with E-state index in [1.807, 2.05) is 11.3 Å². The predicted octanol–water partition coefficient (Wildman–Crippen LogP) is 4.06. The number of nitrogens with one attached hydrogen (secondary N) is 1. The molecule has 1 saturated heterocycles. The molecule has 0 spiro atoms. The van der Waals surface area contributed by atoms with Gasteiger partial charge in [0.1, 0.15) is 0 Å². The summed E-state index contributed by atoms with van der Waals surface area (Å²) < 4.78 is 1.46. The molecule has 2 aromatic rings. The third-order valence-electron chi connectivity index (χ3n) is 3.49. The van der Waals surface area contributed by atoms with Crippen molar-refractivity contribution in [2.75, 3.05) is 12.8 Å². The molecule has 0 saturated carbocycles. The number of thioether (sulfide) groups is 1. The molecule has 0 aliphatic carbocycles.